The topological polar surface area (TPSA) is 62.4 Å². The number of aromatic amines is 1. The summed E-state index contributed by atoms with van der Waals surface area (Å²) >= 11 is 0. The summed E-state index contributed by atoms with van der Waals surface area (Å²) in [5.74, 6) is 0.351. The van der Waals surface area contributed by atoms with Crippen LogP contribution in [-0.2, 0) is 16.0 Å². The summed E-state index contributed by atoms with van der Waals surface area (Å²) < 4.78 is 5.45. The highest BCUT2D eigenvalue weighted by molar-refractivity contribution is 5.86. The van der Waals surface area contributed by atoms with E-state index in [0.717, 1.165) is 16.5 Å². The van der Waals surface area contributed by atoms with Gasteiger partial charge in [-0.3, -0.25) is 9.59 Å². The van der Waals surface area contributed by atoms with E-state index >= 15 is 0 Å². The summed E-state index contributed by atoms with van der Waals surface area (Å²) in [6, 6.07) is 5.51. The highest BCUT2D eigenvalue weighted by atomic mass is 16.5. The van der Waals surface area contributed by atoms with E-state index in [9.17, 15) is 9.59 Å². The molecule has 0 unspecified atom stereocenters. The number of ether oxygens (including phenoxy) is 1. The number of rotatable bonds is 4. The first kappa shape index (κ1) is 17.1. The molecule has 0 radical (unpaired) electrons. The van der Waals surface area contributed by atoms with Crippen LogP contribution >= 0.6 is 0 Å². The van der Waals surface area contributed by atoms with Gasteiger partial charge in [0.15, 0.2) is 0 Å². The van der Waals surface area contributed by atoms with Crippen molar-refractivity contribution in [2.45, 2.75) is 33.6 Å². The molecular formula is C18H24N2O3. The number of aryl methyl sites for hydroxylation is 1. The van der Waals surface area contributed by atoms with Crippen LogP contribution in [0.1, 0.15) is 32.8 Å². The van der Waals surface area contributed by atoms with Crippen molar-refractivity contribution in [2.75, 3.05) is 14.1 Å². The fourth-order valence-corrected chi connectivity index (χ4v) is 2.15. The van der Waals surface area contributed by atoms with Crippen molar-refractivity contribution in [3.8, 4) is 5.75 Å². The fraction of sp³-hybridized carbons (Fsp3) is 0.444. The molecule has 0 atom stereocenters. The van der Waals surface area contributed by atoms with E-state index in [1.165, 1.54) is 0 Å². The summed E-state index contributed by atoms with van der Waals surface area (Å²) in [6.45, 7) is 5.47. The number of fused-ring (bicyclic) bond motifs is 1. The molecule has 0 spiro atoms. The van der Waals surface area contributed by atoms with Gasteiger partial charge in [-0.2, -0.15) is 0 Å². The second kappa shape index (κ2) is 6.44. The molecule has 0 aliphatic carbocycles. The zero-order chi connectivity index (χ0) is 17.2. The van der Waals surface area contributed by atoms with Gasteiger partial charge < -0.3 is 14.6 Å². The summed E-state index contributed by atoms with van der Waals surface area (Å²) in [4.78, 5) is 28.5. The minimum atomic E-state index is -0.548. The Hall–Kier alpha value is -2.30. The molecule has 0 aliphatic rings. The van der Waals surface area contributed by atoms with Crippen LogP contribution in [0.5, 0.6) is 5.75 Å². The van der Waals surface area contributed by atoms with Crippen molar-refractivity contribution in [1.82, 2.24) is 9.88 Å². The van der Waals surface area contributed by atoms with Crippen LogP contribution in [0.2, 0.25) is 0 Å². The maximum atomic E-state index is 12.0. The van der Waals surface area contributed by atoms with Crippen LogP contribution < -0.4 is 4.74 Å². The van der Waals surface area contributed by atoms with E-state index in [0.29, 0.717) is 18.6 Å². The van der Waals surface area contributed by atoms with Gasteiger partial charge in [-0.05, 0) is 51.0 Å². The van der Waals surface area contributed by atoms with Gasteiger partial charge in [0.05, 0.1) is 5.41 Å². The van der Waals surface area contributed by atoms with E-state index in [1.807, 2.05) is 39.1 Å². The Balaban J connectivity index is 2.19. The Kier molecular flexibility index (Phi) is 4.78. The van der Waals surface area contributed by atoms with Gasteiger partial charge in [0.25, 0.3) is 0 Å². The van der Waals surface area contributed by atoms with Gasteiger partial charge in [0.1, 0.15) is 5.75 Å². The number of nitrogens with zero attached hydrogens (tertiary/aromatic N) is 1. The molecule has 23 heavy (non-hydrogen) atoms. The second-order valence-electron chi connectivity index (χ2n) is 6.95. The molecule has 1 aromatic carbocycles. The Morgan fingerprint density at radius 1 is 1.22 bits per heavy atom. The number of benzene rings is 1. The second-order valence-corrected chi connectivity index (χ2v) is 6.95. The maximum Gasteiger partial charge on any atom is 0.316 e. The van der Waals surface area contributed by atoms with E-state index < -0.39 is 5.41 Å². The molecule has 0 bridgehead atoms. The Bertz CT molecular complexity index is 723. The Morgan fingerprint density at radius 2 is 1.91 bits per heavy atom. The molecule has 0 saturated carbocycles. The summed E-state index contributed by atoms with van der Waals surface area (Å²) in [5.41, 5.74) is 1.46. The molecular weight excluding hydrogens is 292 g/mol. The monoisotopic (exact) mass is 316 g/mol. The van der Waals surface area contributed by atoms with Crippen LogP contribution in [0, 0.1) is 5.41 Å². The molecule has 2 aromatic rings. The van der Waals surface area contributed by atoms with E-state index in [4.69, 9.17) is 4.74 Å². The molecule has 1 N–H and O–H groups in total. The highest BCUT2D eigenvalue weighted by Crippen LogP contribution is 2.26. The summed E-state index contributed by atoms with van der Waals surface area (Å²) in [7, 11) is 3.50. The van der Waals surface area contributed by atoms with Crippen molar-refractivity contribution in [1.29, 1.82) is 0 Å². The first-order valence-electron chi connectivity index (χ1n) is 7.71. The number of esters is 1. The minimum Gasteiger partial charge on any atom is -0.426 e. The smallest absolute Gasteiger partial charge is 0.316 e. The summed E-state index contributed by atoms with van der Waals surface area (Å²) in [5, 5.41) is 0.982. The maximum absolute atomic E-state index is 12.0. The SMILES string of the molecule is CN(C)C(=O)CCc1c[nH]c2ccc(OC(=O)C(C)(C)C)cc12. The number of amides is 1. The normalized spacial score (nSPS) is 11.5. The lowest BCUT2D eigenvalue weighted by Crippen LogP contribution is -2.25. The van der Waals surface area contributed by atoms with Gasteiger partial charge in [0.2, 0.25) is 5.91 Å². The van der Waals surface area contributed by atoms with Gasteiger partial charge in [-0.1, -0.05) is 0 Å². The van der Waals surface area contributed by atoms with Crippen molar-refractivity contribution < 1.29 is 14.3 Å². The lowest BCUT2D eigenvalue weighted by molar-refractivity contribution is -0.143. The van der Waals surface area contributed by atoms with Crippen LogP contribution in [0.25, 0.3) is 10.9 Å². The lowest BCUT2D eigenvalue weighted by Gasteiger charge is -2.16. The van der Waals surface area contributed by atoms with Crippen LogP contribution in [0.15, 0.2) is 24.4 Å². The largest absolute Gasteiger partial charge is 0.426 e. The average molecular weight is 316 g/mol. The standard InChI is InChI=1S/C18H24N2O3/c1-18(2,3)17(22)23-13-7-8-15-14(10-13)12(11-19-15)6-9-16(21)20(4)5/h7-8,10-11,19H,6,9H2,1-5H3. The molecule has 5 nitrogen and oxygen atoms in total. The van der Waals surface area contributed by atoms with Crippen LogP contribution in [0.3, 0.4) is 0 Å². The third kappa shape index (κ3) is 4.12. The Labute approximate surface area is 136 Å². The molecule has 124 valence electrons. The number of nitrogens with one attached hydrogen (secondary N) is 1. The predicted octanol–water partition coefficient (Wildman–Crippen LogP) is 3.14. The number of carbonyl (C=O) groups excluding carboxylic acids is 2. The molecule has 1 aromatic heterocycles. The highest BCUT2D eigenvalue weighted by Gasteiger charge is 2.23. The van der Waals surface area contributed by atoms with Crippen molar-refractivity contribution >= 4 is 22.8 Å². The number of H-pyrrole nitrogens is 1. The lowest BCUT2D eigenvalue weighted by atomic mass is 9.97. The first-order valence-corrected chi connectivity index (χ1v) is 7.71. The van der Waals surface area contributed by atoms with Crippen molar-refractivity contribution in [3.63, 3.8) is 0 Å². The van der Waals surface area contributed by atoms with Gasteiger partial charge in [0, 0.05) is 37.6 Å². The van der Waals surface area contributed by atoms with Gasteiger partial charge >= 0.3 is 5.97 Å². The molecule has 0 saturated heterocycles. The molecule has 0 fully saturated rings. The van der Waals surface area contributed by atoms with E-state index in [-0.39, 0.29) is 11.9 Å². The average Bonchev–Trinajstić information content (AvgIpc) is 2.86. The van der Waals surface area contributed by atoms with Crippen molar-refractivity contribution in [2.24, 2.45) is 5.41 Å². The molecule has 2 rings (SSSR count). The van der Waals surface area contributed by atoms with Crippen molar-refractivity contribution in [3.05, 3.63) is 30.0 Å². The third-order valence-corrected chi connectivity index (χ3v) is 3.67. The van der Waals surface area contributed by atoms with E-state index in [2.05, 4.69) is 4.98 Å². The first-order chi connectivity index (χ1) is 10.7. The number of hydrogen-bond donors (Lipinski definition) is 1. The van der Waals surface area contributed by atoms with Gasteiger partial charge in [-0.25, -0.2) is 0 Å². The molecule has 1 heterocycles. The number of aromatic nitrogens is 1. The quantitative estimate of drug-likeness (QED) is 0.696. The van der Waals surface area contributed by atoms with Crippen LogP contribution in [-0.4, -0.2) is 35.9 Å². The zero-order valence-electron chi connectivity index (χ0n) is 14.4. The third-order valence-electron chi connectivity index (χ3n) is 3.67. The van der Waals surface area contributed by atoms with Gasteiger partial charge in [-0.15, -0.1) is 0 Å². The predicted molar refractivity (Wildman–Crippen MR) is 90.4 cm³/mol. The summed E-state index contributed by atoms with van der Waals surface area (Å²) in [6.07, 6.45) is 3.00. The number of carbonyl (C=O) groups is 2. The minimum absolute atomic E-state index is 0.0923. The van der Waals surface area contributed by atoms with E-state index in [1.54, 1.807) is 25.1 Å². The zero-order valence-corrected chi connectivity index (χ0v) is 14.4. The Morgan fingerprint density at radius 3 is 2.52 bits per heavy atom. The number of hydrogen-bond acceptors (Lipinski definition) is 3. The fourth-order valence-electron chi connectivity index (χ4n) is 2.15. The van der Waals surface area contributed by atoms with Crippen LogP contribution in [0.4, 0.5) is 0 Å². The molecule has 1 amide bonds. The molecule has 5 heteroatoms. The molecule has 0 aliphatic heterocycles.